The smallest absolute Gasteiger partial charge is 0.240 e. The number of hydrogen-bond acceptors (Lipinski definition) is 6. The second-order valence-corrected chi connectivity index (χ2v) is 7.58. The monoisotopic (exact) mass is 338 g/mol. The van der Waals surface area contributed by atoms with Gasteiger partial charge in [0.05, 0.1) is 16.4 Å². The molecule has 4 N–H and O–H groups in total. The Bertz CT molecular complexity index is 666. The summed E-state index contributed by atoms with van der Waals surface area (Å²) in [5, 5.41) is 13.9. The summed E-state index contributed by atoms with van der Waals surface area (Å²) in [5.74, 6) is 0. The highest BCUT2D eigenvalue weighted by Gasteiger charge is 2.21. The van der Waals surface area contributed by atoms with Gasteiger partial charge in [0.2, 0.25) is 20.0 Å². The molecule has 0 fully saturated rings. The fourth-order valence-electron chi connectivity index (χ4n) is 1.64. The van der Waals surface area contributed by atoms with Crippen molar-refractivity contribution in [3.05, 3.63) is 24.3 Å². The van der Waals surface area contributed by atoms with Crippen molar-refractivity contribution in [3.63, 3.8) is 0 Å². The predicted octanol–water partition coefficient (Wildman–Crippen LogP) is -0.990. The lowest BCUT2D eigenvalue weighted by Gasteiger charge is -2.17. The summed E-state index contributed by atoms with van der Waals surface area (Å²) < 4.78 is 54.1. The third-order valence-corrected chi connectivity index (χ3v) is 5.04. The average molecular weight is 338 g/mol. The van der Waals surface area contributed by atoms with Gasteiger partial charge < -0.3 is 9.84 Å². The molecule has 120 valence electrons. The molecule has 0 amide bonds. The highest BCUT2D eigenvalue weighted by molar-refractivity contribution is 7.90. The molecular weight excluding hydrogens is 320 g/mol. The van der Waals surface area contributed by atoms with E-state index in [9.17, 15) is 16.8 Å². The molecule has 0 aliphatic carbocycles. The van der Waals surface area contributed by atoms with Crippen LogP contribution in [0, 0.1) is 0 Å². The molecule has 0 spiro atoms. The summed E-state index contributed by atoms with van der Waals surface area (Å²) in [4.78, 5) is -0.524. The van der Waals surface area contributed by atoms with Gasteiger partial charge in [0.25, 0.3) is 0 Å². The standard InChI is InChI=1S/C11H18N2O6S2/c1-19-8-9(5-6-14)13-21(17,18)11-4-2-3-10(7-11)20(12,15)16/h2-4,7,9,13-14H,5-6,8H2,1H3,(H2,12,15,16). The first-order chi connectivity index (χ1) is 9.70. The second-order valence-electron chi connectivity index (χ2n) is 4.31. The molecule has 1 rings (SSSR count). The van der Waals surface area contributed by atoms with E-state index in [1.165, 1.54) is 25.3 Å². The van der Waals surface area contributed by atoms with Gasteiger partial charge in [-0.3, -0.25) is 0 Å². The third-order valence-electron chi connectivity index (χ3n) is 2.61. The van der Waals surface area contributed by atoms with E-state index in [2.05, 4.69) is 4.72 Å². The van der Waals surface area contributed by atoms with Gasteiger partial charge in [-0.05, 0) is 24.6 Å². The van der Waals surface area contributed by atoms with Crippen LogP contribution in [0.4, 0.5) is 0 Å². The van der Waals surface area contributed by atoms with Crippen molar-refractivity contribution >= 4 is 20.0 Å². The number of hydrogen-bond donors (Lipinski definition) is 3. The summed E-state index contributed by atoms with van der Waals surface area (Å²) in [5.41, 5.74) is 0. The molecule has 1 aromatic rings. The molecule has 21 heavy (non-hydrogen) atoms. The Hall–Kier alpha value is -1.04. The number of ether oxygens (including phenoxy) is 1. The zero-order valence-electron chi connectivity index (χ0n) is 11.4. The maximum absolute atomic E-state index is 12.2. The van der Waals surface area contributed by atoms with E-state index in [4.69, 9.17) is 15.0 Å². The molecule has 0 saturated heterocycles. The Labute approximate surface area is 124 Å². The van der Waals surface area contributed by atoms with Crippen LogP contribution in [-0.2, 0) is 24.8 Å². The van der Waals surface area contributed by atoms with Gasteiger partial charge in [0, 0.05) is 19.8 Å². The lowest BCUT2D eigenvalue weighted by atomic mass is 10.2. The molecular formula is C11H18N2O6S2. The second kappa shape index (κ2) is 7.29. The Balaban J connectivity index is 3.07. The van der Waals surface area contributed by atoms with Crippen LogP contribution >= 0.6 is 0 Å². The molecule has 1 atom stereocenters. The van der Waals surface area contributed by atoms with Crippen molar-refractivity contribution in [1.82, 2.24) is 4.72 Å². The largest absolute Gasteiger partial charge is 0.396 e. The number of sulfonamides is 2. The number of nitrogens with two attached hydrogens (primary N) is 1. The van der Waals surface area contributed by atoms with Gasteiger partial charge in [0.1, 0.15) is 0 Å². The van der Waals surface area contributed by atoms with Crippen LogP contribution in [0.25, 0.3) is 0 Å². The van der Waals surface area contributed by atoms with E-state index in [-0.39, 0.29) is 29.4 Å². The van der Waals surface area contributed by atoms with Gasteiger partial charge >= 0.3 is 0 Å². The average Bonchev–Trinajstić information content (AvgIpc) is 2.38. The van der Waals surface area contributed by atoms with E-state index in [0.29, 0.717) is 0 Å². The Kier molecular flexibility index (Phi) is 6.25. The summed E-state index contributed by atoms with van der Waals surface area (Å²) in [6.07, 6.45) is 0.169. The topological polar surface area (TPSA) is 136 Å². The predicted molar refractivity (Wildman–Crippen MR) is 75.5 cm³/mol. The number of rotatable bonds is 8. The maximum Gasteiger partial charge on any atom is 0.240 e. The number of aliphatic hydroxyl groups is 1. The van der Waals surface area contributed by atoms with Crippen molar-refractivity contribution in [2.45, 2.75) is 22.3 Å². The molecule has 0 heterocycles. The first-order valence-corrected chi connectivity index (χ1v) is 8.98. The molecule has 1 aromatic carbocycles. The SMILES string of the molecule is COCC(CCO)NS(=O)(=O)c1cccc(S(N)(=O)=O)c1. The summed E-state index contributed by atoms with van der Waals surface area (Å²) >= 11 is 0. The van der Waals surface area contributed by atoms with Crippen molar-refractivity contribution in [2.75, 3.05) is 20.3 Å². The highest BCUT2D eigenvalue weighted by Crippen LogP contribution is 2.15. The van der Waals surface area contributed by atoms with Gasteiger partial charge in [0.15, 0.2) is 0 Å². The summed E-state index contributed by atoms with van der Waals surface area (Å²) in [6.45, 7) is -0.136. The van der Waals surface area contributed by atoms with E-state index in [0.717, 1.165) is 6.07 Å². The molecule has 0 aliphatic rings. The molecule has 0 radical (unpaired) electrons. The van der Waals surface area contributed by atoms with E-state index in [1.807, 2.05) is 0 Å². The van der Waals surface area contributed by atoms with E-state index in [1.54, 1.807) is 0 Å². The zero-order valence-corrected chi connectivity index (χ0v) is 13.0. The minimum atomic E-state index is -3.99. The van der Waals surface area contributed by atoms with Crippen LogP contribution in [0.1, 0.15) is 6.42 Å². The molecule has 8 nitrogen and oxygen atoms in total. The molecule has 0 saturated carbocycles. The van der Waals surface area contributed by atoms with Crippen molar-refractivity contribution in [1.29, 1.82) is 0 Å². The van der Waals surface area contributed by atoms with Crippen LogP contribution in [0.2, 0.25) is 0 Å². The lowest BCUT2D eigenvalue weighted by molar-refractivity contribution is 0.158. The molecule has 1 unspecified atom stereocenters. The van der Waals surface area contributed by atoms with Crippen LogP contribution < -0.4 is 9.86 Å². The normalized spacial score (nSPS) is 14.0. The fraction of sp³-hybridized carbons (Fsp3) is 0.455. The van der Waals surface area contributed by atoms with Crippen molar-refractivity contribution in [3.8, 4) is 0 Å². The Morgan fingerprint density at radius 3 is 2.43 bits per heavy atom. The molecule has 0 aliphatic heterocycles. The molecule has 0 bridgehead atoms. The van der Waals surface area contributed by atoms with Gasteiger partial charge in [-0.25, -0.2) is 26.7 Å². The van der Waals surface area contributed by atoms with Gasteiger partial charge in [-0.1, -0.05) is 6.07 Å². The molecule has 10 heteroatoms. The quantitative estimate of drug-likeness (QED) is 0.557. The number of aliphatic hydroxyl groups excluding tert-OH is 1. The maximum atomic E-state index is 12.2. The van der Waals surface area contributed by atoms with E-state index >= 15 is 0 Å². The van der Waals surface area contributed by atoms with Crippen molar-refractivity contribution < 1.29 is 26.7 Å². The van der Waals surface area contributed by atoms with Gasteiger partial charge in [-0.15, -0.1) is 0 Å². The van der Waals surface area contributed by atoms with Crippen LogP contribution in [-0.4, -0.2) is 48.3 Å². The fourth-order valence-corrected chi connectivity index (χ4v) is 3.57. The first kappa shape index (κ1) is 18.0. The summed E-state index contributed by atoms with van der Waals surface area (Å²) in [7, 11) is -6.54. The number of benzene rings is 1. The Morgan fingerprint density at radius 2 is 1.90 bits per heavy atom. The summed E-state index contributed by atoms with van der Waals surface area (Å²) in [6, 6.07) is 4.09. The Morgan fingerprint density at radius 1 is 1.29 bits per heavy atom. The van der Waals surface area contributed by atoms with E-state index < -0.39 is 26.1 Å². The van der Waals surface area contributed by atoms with Crippen LogP contribution in [0.3, 0.4) is 0 Å². The van der Waals surface area contributed by atoms with Crippen LogP contribution in [0.5, 0.6) is 0 Å². The first-order valence-electron chi connectivity index (χ1n) is 5.95. The highest BCUT2D eigenvalue weighted by atomic mass is 32.2. The minimum absolute atomic E-state index is 0.0780. The van der Waals surface area contributed by atoms with Crippen LogP contribution in [0.15, 0.2) is 34.1 Å². The third kappa shape index (κ3) is 5.34. The number of nitrogens with one attached hydrogen (secondary N) is 1. The lowest BCUT2D eigenvalue weighted by Crippen LogP contribution is -2.38. The number of methoxy groups -OCH3 is 1. The number of primary sulfonamides is 1. The van der Waals surface area contributed by atoms with Crippen molar-refractivity contribution in [2.24, 2.45) is 5.14 Å². The minimum Gasteiger partial charge on any atom is -0.396 e. The molecule has 0 aromatic heterocycles. The zero-order chi connectivity index (χ0) is 16.1. The van der Waals surface area contributed by atoms with Gasteiger partial charge in [-0.2, -0.15) is 0 Å².